The Bertz CT molecular complexity index is 541. The highest BCUT2D eigenvalue weighted by molar-refractivity contribution is 5.87. The third-order valence-corrected chi connectivity index (χ3v) is 7.64. The molecule has 0 aromatic carbocycles. The highest BCUT2D eigenvalue weighted by atomic mass is 16.4. The number of hydrogen-bond donors (Lipinski definition) is 2. The summed E-state index contributed by atoms with van der Waals surface area (Å²) in [6.45, 7) is 4.08. The second kappa shape index (κ2) is 15.5. The van der Waals surface area contributed by atoms with Crippen molar-refractivity contribution in [3.05, 3.63) is 12.2 Å². The summed E-state index contributed by atoms with van der Waals surface area (Å²) >= 11 is 0. The first-order chi connectivity index (χ1) is 15.0. The fourth-order valence-corrected chi connectivity index (χ4v) is 5.42. The average Bonchev–Trinajstić information content (AvgIpc) is 2.76. The van der Waals surface area contributed by atoms with Crippen molar-refractivity contribution in [2.24, 2.45) is 10.8 Å². The van der Waals surface area contributed by atoms with Crippen molar-refractivity contribution < 1.29 is 19.8 Å². The molecule has 0 saturated carbocycles. The topological polar surface area (TPSA) is 74.6 Å². The van der Waals surface area contributed by atoms with Crippen LogP contribution in [-0.2, 0) is 9.59 Å². The van der Waals surface area contributed by atoms with Gasteiger partial charge in [0.2, 0.25) is 0 Å². The van der Waals surface area contributed by atoms with Crippen LogP contribution in [0.15, 0.2) is 12.2 Å². The van der Waals surface area contributed by atoms with E-state index in [0.29, 0.717) is 25.7 Å². The standard InChI is InChI=1S/C27H48O4/c1-3-5-6-7-8-9-10-11-12-13-14-15-16-17-18-22-27(25(30)31)23-20-19-21-26(27,4-2)24(28)29/h19-20H,3-18,21-23H2,1-2H3,(H,28,29)(H,30,31). The van der Waals surface area contributed by atoms with Gasteiger partial charge in [-0.05, 0) is 25.7 Å². The Balaban J connectivity index is 2.20. The zero-order chi connectivity index (χ0) is 23.0. The van der Waals surface area contributed by atoms with E-state index in [2.05, 4.69) is 6.92 Å². The first-order valence-corrected chi connectivity index (χ1v) is 13.1. The van der Waals surface area contributed by atoms with Gasteiger partial charge in [0.1, 0.15) is 0 Å². The molecule has 1 aliphatic rings. The molecule has 4 heteroatoms. The molecule has 1 rings (SSSR count). The Morgan fingerprint density at radius 2 is 0.968 bits per heavy atom. The maximum atomic E-state index is 12.2. The lowest BCUT2D eigenvalue weighted by Crippen LogP contribution is -2.53. The van der Waals surface area contributed by atoms with Gasteiger partial charge in [-0.25, -0.2) is 0 Å². The molecule has 0 aromatic heterocycles. The third-order valence-electron chi connectivity index (χ3n) is 7.64. The van der Waals surface area contributed by atoms with Gasteiger partial charge in [-0.1, -0.05) is 122 Å². The lowest BCUT2D eigenvalue weighted by molar-refractivity contribution is -0.176. The highest BCUT2D eigenvalue weighted by Crippen LogP contribution is 2.54. The van der Waals surface area contributed by atoms with E-state index in [1.54, 1.807) is 0 Å². The molecule has 2 unspecified atom stereocenters. The number of allylic oxidation sites excluding steroid dienone is 2. The first kappa shape index (κ1) is 27.7. The molecule has 1 aliphatic carbocycles. The van der Waals surface area contributed by atoms with Gasteiger partial charge in [0, 0.05) is 0 Å². The van der Waals surface area contributed by atoms with Gasteiger partial charge in [-0.15, -0.1) is 0 Å². The molecular formula is C27H48O4. The van der Waals surface area contributed by atoms with Gasteiger partial charge < -0.3 is 10.2 Å². The SMILES string of the molecule is CCCCCCCCCCCCCCCCCC1(C(=O)O)CC=CCC1(CC)C(=O)O. The first-order valence-electron chi connectivity index (χ1n) is 13.1. The molecule has 0 aliphatic heterocycles. The molecule has 0 fully saturated rings. The van der Waals surface area contributed by atoms with Crippen LogP contribution < -0.4 is 0 Å². The van der Waals surface area contributed by atoms with Crippen LogP contribution in [0.1, 0.15) is 136 Å². The number of unbranched alkanes of at least 4 members (excludes halogenated alkanes) is 14. The summed E-state index contributed by atoms with van der Waals surface area (Å²) < 4.78 is 0. The fraction of sp³-hybridized carbons (Fsp3) is 0.852. The van der Waals surface area contributed by atoms with Gasteiger partial charge in [-0.3, -0.25) is 9.59 Å². The van der Waals surface area contributed by atoms with Crippen LogP contribution in [0.4, 0.5) is 0 Å². The van der Waals surface area contributed by atoms with Crippen LogP contribution in [0, 0.1) is 10.8 Å². The maximum Gasteiger partial charge on any atom is 0.311 e. The van der Waals surface area contributed by atoms with Crippen LogP contribution in [-0.4, -0.2) is 22.2 Å². The van der Waals surface area contributed by atoms with Crippen molar-refractivity contribution >= 4 is 11.9 Å². The van der Waals surface area contributed by atoms with Crippen molar-refractivity contribution in [1.82, 2.24) is 0 Å². The van der Waals surface area contributed by atoms with Gasteiger partial charge in [0.25, 0.3) is 0 Å². The summed E-state index contributed by atoms with van der Waals surface area (Å²) in [5.41, 5.74) is -2.34. The molecule has 180 valence electrons. The Labute approximate surface area is 190 Å². The fourth-order valence-electron chi connectivity index (χ4n) is 5.42. The number of aliphatic carboxylic acids is 2. The van der Waals surface area contributed by atoms with Crippen molar-refractivity contribution in [3.8, 4) is 0 Å². The molecule has 2 N–H and O–H groups in total. The second-order valence-electron chi connectivity index (χ2n) is 9.71. The molecule has 0 spiro atoms. The lowest BCUT2D eigenvalue weighted by atomic mass is 9.54. The third kappa shape index (κ3) is 8.27. The van der Waals surface area contributed by atoms with E-state index in [1.807, 2.05) is 19.1 Å². The quantitative estimate of drug-likeness (QED) is 0.158. The number of carbonyl (C=O) groups is 2. The lowest BCUT2D eigenvalue weighted by Gasteiger charge is -2.46. The summed E-state index contributed by atoms with van der Waals surface area (Å²) in [6.07, 6.45) is 24.2. The van der Waals surface area contributed by atoms with Gasteiger partial charge >= 0.3 is 11.9 Å². The maximum absolute atomic E-state index is 12.2. The molecule has 0 bridgehead atoms. The van der Waals surface area contributed by atoms with Gasteiger partial charge in [-0.2, -0.15) is 0 Å². The summed E-state index contributed by atoms with van der Waals surface area (Å²) in [4.78, 5) is 24.3. The van der Waals surface area contributed by atoms with E-state index < -0.39 is 22.8 Å². The molecule has 31 heavy (non-hydrogen) atoms. The predicted octanol–water partition coefficient (Wildman–Crippen LogP) is 8.15. The van der Waals surface area contributed by atoms with E-state index in [4.69, 9.17) is 0 Å². The van der Waals surface area contributed by atoms with Gasteiger partial charge in [0.05, 0.1) is 10.8 Å². The van der Waals surface area contributed by atoms with Crippen molar-refractivity contribution in [3.63, 3.8) is 0 Å². The Morgan fingerprint density at radius 3 is 1.32 bits per heavy atom. The molecule has 0 heterocycles. The summed E-state index contributed by atoms with van der Waals surface area (Å²) in [7, 11) is 0. The zero-order valence-electron chi connectivity index (χ0n) is 20.3. The molecule has 0 saturated heterocycles. The van der Waals surface area contributed by atoms with E-state index >= 15 is 0 Å². The predicted molar refractivity (Wildman–Crippen MR) is 128 cm³/mol. The van der Waals surface area contributed by atoms with Gasteiger partial charge in [0.15, 0.2) is 0 Å². The number of rotatable bonds is 19. The number of carboxylic acid groups (broad SMARTS) is 2. The highest BCUT2D eigenvalue weighted by Gasteiger charge is 2.59. The van der Waals surface area contributed by atoms with E-state index in [0.717, 1.165) is 19.3 Å². The van der Waals surface area contributed by atoms with Crippen LogP contribution >= 0.6 is 0 Å². The monoisotopic (exact) mass is 436 g/mol. The van der Waals surface area contributed by atoms with Crippen LogP contribution in [0.5, 0.6) is 0 Å². The number of hydrogen-bond acceptors (Lipinski definition) is 2. The van der Waals surface area contributed by atoms with E-state index in [1.165, 1.54) is 77.0 Å². The number of carboxylic acids is 2. The molecule has 0 radical (unpaired) electrons. The second-order valence-corrected chi connectivity index (χ2v) is 9.71. The summed E-state index contributed by atoms with van der Waals surface area (Å²) in [6, 6.07) is 0. The smallest absolute Gasteiger partial charge is 0.311 e. The van der Waals surface area contributed by atoms with Crippen LogP contribution in [0.2, 0.25) is 0 Å². The van der Waals surface area contributed by atoms with Crippen molar-refractivity contribution in [2.45, 2.75) is 136 Å². The largest absolute Gasteiger partial charge is 0.481 e. The van der Waals surface area contributed by atoms with Crippen LogP contribution in [0.25, 0.3) is 0 Å². The van der Waals surface area contributed by atoms with E-state index in [-0.39, 0.29) is 0 Å². The van der Waals surface area contributed by atoms with E-state index in [9.17, 15) is 19.8 Å². The Hall–Kier alpha value is -1.32. The van der Waals surface area contributed by atoms with Crippen LogP contribution in [0.3, 0.4) is 0 Å². The molecule has 0 amide bonds. The minimum Gasteiger partial charge on any atom is -0.481 e. The Kier molecular flexibility index (Phi) is 13.8. The normalized spacial score (nSPS) is 23.2. The minimum atomic E-state index is -1.18. The molecule has 0 aromatic rings. The van der Waals surface area contributed by atoms with Crippen molar-refractivity contribution in [2.75, 3.05) is 0 Å². The zero-order valence-corrected chi connectivity index (χ0v) is 20.3. The van der Waals surface area contributed by atoms with Crippen molar-refractivity contribution in [1.29, 1.82) is 0 Å². The Morgan fingerprint density at radius 1 is 0.613 bits per heavy atom. The molecule has 2 atom stereocenters. The summed E-state index contributed by atoms with van der Waals surface area (Å²) in [5.74, 6) is -1.89. The minimum absolute atomic E-state index is 0.323. The molecule has 4 nitrogen and oxygen atoms in total. The average molecular weight is 437 g/mol. The molecular weight excluding hydrogens is 388 g/mol. The summed E-state index contributed by atoms with van der Waals surface area (Å²) in [5, 5.41) is 19.9.